The molecule has 0 radical (unpaired) electrons. The van der Waals surface area contributed by atoms with Gasteiger partial charge in [-0.2, -0.15) is 4.98 Å². The van der Waals surface area contributed by atoms with Gasteiger partial charge in [-0.25, -0.2) is 4.98 Å². The number of aryl methyl sites for hydroxylation is 1. The first-order valence-corrected chi connectivity index (χ1v) is 7.30. The van der Waals surface area contributed by atoms with Gasteiger partial charge in [0.1, 0.15) is 5.82 Å². The third kappa shape index (κ3) is 3.44. The molecule has 0 aromatic carbocycles. The van der Waals surface area contributed by atoms with Crippen LogP contribution in [0.15, 0.2) is 23.6 Å². The lowest BCUT2D eigenvalue weighted by atomic mass is 10.2. The van der Waals surface area contributed by atoms with E-state index in [-0.39, 0.29) is 0 Å². The molecule has 0 aliphatic heterocycles. The van der Waals surface area contributed by atoms with E-state index >= 15 is 0 Å². The Labute approximate surface area is 118 Å². The second kappa shape index (κ2) is 6.02. The van der Waals surface area contributed by atoms with Crippen molar-refractivity contribution in [3.8, 4) is 0 Å². The SMILES string of the molecule is CNc1nc(C)cc(N(Cc2cccs2)C(C)C)n1. The number of anilines is 2. The first-order valence-electron chi connectivity index (χ1n) is 6.42. The molecular formula is C14H20N4S. The Hall–Kier alpha value is -1.62. The zero-order valence-corrected chi connectivity index (χ0v) is 12.7. The van der Waals surface area contributed by atoms with E-state index in [2.05, 4.69) is 51.5 Å². The lowest BCUT2D eigenvalue weighted by Gasteiger charge is -2.27. The van der Waals surface area contributed by atoms with Gasteiger partial charge in [-0.3, -0.25) is 0 Å². The highest BCUT2D eigenvalue weighted by atomic mass is 32.1. The third-order valence-corrected chi connectivity index (χ3v) is 3.75. The van der Waals surface area contributed by atoms with Crippen LogP contribution in [0.3, 0.4) is 0 Å². The van der Waals surface area contributed by atoms with Crippen LogP contribution in [-0.4, -0.2) is 23.1 Å². The van der Waals surface area contributed by atoms with Gasteiger partial charge in [-0.05, 0) is 32.2 Å². The summed E-state index contributed by atoms with van der Waals surface area (Å²) in [6.45, 7) is 7.25. The topological polar surface area (TPSA) is 41.1 Å². The average Bonchev–Trinajstić information content (AvgIpc) is 2.87. The Kier molecular flexibility index (Phi) is 4.37. The molecule has 1 N–H and O–H groups in total. The van der Waals surface area contributed by atoms with Crippen LogP contribution in [-0.2, 0) is 6.54 Å². The van der Waals surface area contributed by atoms with Crippen molar-refractivity contribution in [2.75, 3.05) is 17.3 Å². The van der Waals surface area contributed by atoms with Crippen molar-refractivity contribution in [2.24, 2.45) is 0 Å². The molecule has 0 spiro atoms. The lowest BCUT2D eigenvalue weighted by Crippen LogP contribution is -2.31. The summed E-state index contributed by atoms with van der Waals surface area (Å²) >= 11 is 1.78. The predicted octanol–water partition coefficient (Wildman–Crippen LogP) is 3.30. The number of hydrogen-bond donors (Lipinski definition) is 1. The van der Waals surface area contributed by atoms with Crippen LogP contribution in [0.2, 0.25) is 0 Å². The van der Waals surface area contributed by atoms with Crippen LogP contribution in [0.4, 0.5) is 11.8 Å². The van der Waals surface area contributed by atoms with Crippen molar-refractivity contribution >= 4 is 23.1 Å². The monoisotopic (exact) mass is 276 g/mol. The molecule has 0 saturated heterocycles. The first-order chi connectivity index (χ1) is 9.10. The van der Waals surface area contributed by atoms with E-state index in [0.29, 0.717) is 12.0 Å². The Morgan fingerprint density at radius 2 is 2.16 bits per heavy atom. The van der Waals surface area contributed by atoms with E-state index < -0.39 is 0 Å². The van der Waals surface area contributed by atoms with Gasteiger partial charge in [0.05, 0.1) is 6.54 Å². The van der Waals surface area contributed by atoms with Gasteiger partial charge in [0.2, 0.25) is 5.95 Å². The Morgan fingerprint density at radius 1 is 1.37 bits per heavy atom. The smallest absolute Gasteiger partial charge is 0.224 e. The minimum absolute atomic E-state index is 0.390. The normalized spacial score (nSPS) is 10.8. The molecule has 5 heteroatoms. The molecule has 0 aliphatic carbocycles. The summed E-state index contributed by atoms with van der Waals surface area (Å²) in [5.74, 6) is 1.65. The van der Waals surface area contributed by atoms with Crippen molar-refractivity contribution in [1.29, 1.82) is 0 Å². The summed E-state index contributed by atoms with van der Waals surface area (Å²) in [6, 6.07) is 6.67. The second-order valence-corrected chi connectivity index (χ2v) is 5.77. The van der Waals surface area contributed by atoms with Gasteiger partial charge in [0.25, 0.3) is 0 Å². The maximum atomic E-state index is 4.56. The highest BCUT2D eigenvalue weighted by Crippen LogP contribution is 2.21. The minimum atomic E-state index is 0.390. The molecule has 2 heterocycles. The standard InChI is InChI=1S/C14H20N4S/c1-10(2)18(9-12-6-5-7-19-12)13-8-11(3)16-14(15-4)17-13/h5-8,10H,9H2,1-4H3,(H,15,16,17). The largest absolute Gasteiger partial charge is 0.357 e. The summed E-state index contributed by atoms with van der Waals surface area (Å²) in [5.41, 5.74) is 0.978. The highest BCUT2D eigenvalue weighted by Gasteiger charge is 2.14. The molecule has 0 fully saturated rings. The maximum Gasteiger partial charge on any atom is 0.224 e. The van der Waals surface area contributed by atoms with Crippen LogP contribution < -0.4 is 10.2 Å². The van der Waals surface area contributed by atoms with Gasteiger partial charge in [-0.1, -0.05) is 6.07 Å². The minimum Gasteiger partial charge on any atom is -0.357 e. The van der Waals surface area contributed by atoms with Gasteiger partial charge in [0, 0.05) is 29.7 Å². The van der Waals surface area contributed by atoms with E-state index in [0.717, 1.165) is 18.1 Å². The van der Waals surface area contributed by atoms with Crippen molar-refractivity contribution in [1.82, 2.24) is 9.97 Å². The summed E-state index contributed by atoms with van der Waals surface area (Å²) in [5, 5.41) is 5.12. The van der Waals surface area contributed by atoms with Gasteiger partial charge in [0.15, 0.2) is 0 Å². The summed E-state index contributed by atoms with van der Waals surface area (Å²) in [6.07, 6.45) is 0. The Morgan fingerprint density at radius 3 is 2.74 bits per heavy atom. The van der Waals surface area contributed by atoms with Gasteiger partial charge < -0.3 is 10.2 Å². The van der Waals surface area contributed by atoms with Crippen molar-refractivity contribution < 1.29 is 0 Å². The fourth-order valence-electron chi connectivity index (χ4n) is 1.91. The number of hydrogen-bond acceptors (Lipinski definition) is 5. The maximum absolute atomic E-state index is 4.56. The van der Waals surface area contributed by atoms with Crippen LogP contribution in [0.25, 0.3) is 0 Å². The molecule has 0 saturated carbocycles. The van der Waals surface area contributed by atoms with Gasteiger partial charge >= 0.3 is 0 Å². The van der Waals surface area contributed by atoms with Gasteiger partial charge in [-0.15, -0.1) is 11.3 Å². The molecule has 0 bridgehead atoms. The summed E-state index contributed by atoms with van der Waals surface area (Å²) in [7, 11) is 1.84. The molecule has 4 nitrogen and oxygen atoms in total. The molecule has 0 unspecified atom stereocenters. The number of nitrogens with zero attached hydrogens (tertiary/aromatic N) is 3. The van der Waals surface area contributed by atoms with E-state index in [1.807, 2.05) is 20.0 Å². The molecular weight excluding hydrogens is 256 g/mol. The third-order valence-electron chi connectivity index (χ3n) is 2.89. The van der Waals surface area contributed by atoms with Crippen molar-refractivity contribution in [2.45, 2.75) is 33.4 Å². The Balaban J connectivity index is 2.30. The summed E-state index contributed by atoms with van der Waals surface area (Å²) in [4.78, 5) is 12.5. The van der Waals surface area contributed by atoms with E-state index in [4.69, 9.17) is 0 Å². The molecule has 2 aromatic heterocycles. The predicted molar refractivity (Wildman–Crippen MR) is 82.0 cm³/mol. The van der Waals surface area contributed by atoms with E-state index in [1.165, 1.54) is 4.88 Å². The van der Waals surface area contributed by atoms with Crippen molar-refractivity contribution in [3.63, 3.8) is 0 Å². The second-order valence-electron chi connectivity index (χ2n) is 4.74. The van der Waals surface area contributed by atoms with Crippen LogP contribution in [0.5, 0.6) is 0 Å². The molecule has 0 atom stereocenters. The van der Waals surface area contributed by atoms with Crippen LogP contribution in [0.1, 0.15) is 24.4 Å². The lowest BCUT2D eigenvalue weighted by molar-refractivity contribution is 0.675. The molecule has 0 aliphatic rings. The quantitative estimate of drug-likeness (QED) is 0.909. The first kappa shape index (κ1) is 13.8. The molecule has 102 valence electrons. The number of nitrogens with one attached hydrogen (secondary N) is 1. The van der Waals surface area contributed by atoms with Crippen LogP contribution in [0, 0.1) is 6.92 Å². The van der Waals surface area contributed by atoms with Crippen LogP contribution >= 0.6 is 11.3 Å². The highest BCUT2D eigenvalue weighted by molar-refractivity contribution is 7.09. The Bertz CT molecular complexity index is 522. The fourth-order valence-corrected chi connectivity index (χ4v) is 2.61. The molecule has 0 amide bonds. The number of aromatic nitrogens is 2. The van der Waals surface area contributed by atoms with E-state index in [1.54, 1.807) is 11.3 Å². The zero-order chi connectivity index (χ0) is 13.8. The fraction of sp³-hybridized carbons (Fsp3) is 0.429. The molecule has 2 aromatic rings. The van der Waals surface area contributed by atoms with Crippen molar-refractivity contribution in [3.05, 3.63) is 34.2 Å². The van der Waals surface area contributed by atoms with E-state index in [9.17, 15) is 0 Å². The summed E-state index contributed by atoms with van der Waals surface area (Å²) < 4.78 is 0. The average molecular weight is 276 g/mol. The molecule has 2 rings (SSSR count). The number of rotatable bonds is 5. The number of thiophene rings is 1. The zero-order valence-electron chi connectivity index (χ0n) is 11.8. The molecule has 19 heavy (non-hydrogen) atoms.